The molecule has 5 heteroatoms. The van der Waals surface area contributed by atoms with Crippen molar-refractivity contribution in [1.82, 2.24) is 4.90 Å². The fourth-order valence-corrected chi connectivity index (χ4v) is 3.28. The number of likely N-dealkylation sites (tertiary alicyclic amines) is 1. The van der Waals surface area contributed by atoms with Crippen LogP contribution >= 0.6 is 39.3 Å². The van der Waals surface area contributed by atoms with E-state index >= 15 is 0 Å². The summed E-state index contributed by atoms with van der Waals surface area (Å²) in [6.07, 6.45) is 4.31. The maximum absolute atomic E-state index is 12.3. The van der Waals surface area contributed by atoms with E-state index in [0.29, 0.717) is 15.8 Å². The Morgan fingerprint density at radius 1 is 1.44 bits per heavy atom. The van der Waals surface area contributed by atoms with Crippen LogP contribution in [0.3, 0.4) is 0 Å². The summed E-state index contributed by atoms with van der Waals surface area (Å²) in [6.45, 7) is 1.70. The Morgan fingerprint density at radius 3 is 2.67 bits per heavy atom. The lowest BCUT2D eigenvalue weighted by atomic mass is 10.1. The van der Waals surface area contributed by atoms with E-state index in [0.717, 1.165) is 30.4 Å². The first-order valence-electron chi connectivity index (χ1n) is 5.89. The van der Waals surface area contributed by atoms with Gasteiger partial charge < -0.3 is 4.90 Å². The van der Waals surface area contributed by atoms with Crippen LogP contribution in [0, 0.1) is 0 Å². The topological polar surface area (TPSA) is 20.3 Å². The van der Waals surface area contributed by atoms with Crippen LogP contribution in [0.2, 0.25) is 5.02 Å². The molecule has 1 saturated heterocycles. The lowest BCUT2D eigenvalue weighted by molar-refractivity contribution is 0.0727. The van der Waals surface area contributed by atoms with E-state index in [4.69, 9.17) is 11.6 Å². The van der Waals surface area contributed by atoms with Crippen LogP contribution in [-0.2, 0) is 0 Å². The highest BCUT2D eigenvalue weighted by molar-refractivity contribution is 9.10. The molecule has 0 atom stereocenters. The van der Waals surface area contributed by atoms with Crippen LogP contribution in [0.1, 0.15) is 23.2 Å². The second-order valence-electron chi connectivity index (χ2n) is 4.36. The SMILES string of the molecule is CSC1CCN(C(=O)c2ccc(Cl)c(Br)c2)CC1. The van der Waals surface area contributed by atoms with Gasteiger partial charge in [-0.15, -0.1) is 0 Å². The van der Waals surface area contributed by atoms with Crippen molar-refractivity contribution in [2.24, 2.45) is 0 Å². The molecule has 0 radical (unpaired) electrons. The summed E-state index contributed by atoms with van der Waals surface area (Å²) in [4.78, 5) is 14.2. The molecule has 0 saturated carbocycles. The lowest BCUT2D eigenvalue weighted by Gasteiger charge is -2.31. The van der Waals surface area contributed by atoms with Gasteiger partial charge in [0.2, 0.25) is 0 Å². The number of hydrogen-bond donors (Lipinski definition) is 0. The van der Waals surface area contributed by atoms with Crippen LogP contribution in [-0.4, -0.2) is 35.4 Å². The molecule has 0 spiro atoms. The molecule has 1 aliphatic heterocycles. The third-order valence-electron chi connectivity index (χ3n) is 3.23. The van der Waals surface area contributed by atoms with Gasteiger partial charge in [0.05, 0.1) is 5.02 Å². The number of thioether (sulfide) groups is 1. The highest BCUT2D eigenvalue weighted by Gasteiger charge is 2.23. The average molecular weight is 349 g/mol. The van der Waals surface area contributed by atoms with E-state index in [-0.39, 0.29) is 5.91 Å². The molecule has 0 N–H and O–H groups in total. The van der Waals surface area contributed by atoms with Gasteiger partial charge in [-0.2, -0.15) is 11.8 Å². The maximum Gasteiger partial charge on any atom is 0.253 e. The molecule has 2 rings (SSSR count). The third-order valence-corrected chi connectivity index (χ3v) is 5.58. The Kier molecular flexibility index (Phi) is 4.98. The Labute approximate surface area is 125 Å². The van der Waals surface area contributed by atoms with Crippen molar-refractivity contribution >= 4 is 45.2 Å². The number of rotatable bonds is 2. The maximum atomic E-state index is 12.3. The highest BCUT2D eigenvalue weighted by atomic mass is 79.9. The van der Waals surface area contributed by atoms with Crippen molar-refractivity contribution in [2.75, 3.05) is 19.3 Å². The number of amides is 1. The number of nitrogens with zero attached hydrogens (tertiary/aromatic N) is 1. The van der Waals surface area contributed by atoms with Crippen LogP contribution in [0.25, 0.3) is 0 Å². The molecule has 1 heterocycles. The highest BCUT2D eigenvalue weighted by Crippen LogP contribution is 2.26. The van der Waals surface area contributed by atoms with Gasteiger partial charge in [0.25, 0.3) is 5.91 Å². The van der Waals surface area contributed by atoms with E-state index in [1.165, 1.54) is 0 Å². The minimum absolute atomic E-state index is 0.104. The number of halogens is 2. The van der Waals surface area contributed by atoms with Gasteiger partial charge in [0.1, 0.15) is 0 Å². The van der Waals surface area contributed by atoms with Gasteiger partial charge in [0.15, 0.2) is 0 Å². The largest absolute Gasteiger partial charge is 0.339 e. The van der Waals surface area contributed by atoms with Crippen molar-refractivity contribution in [1.29, 1.82) is 0 Å². The summed E-state index contributed by atoms with van der Waals surface area (Å²) >= 11 is 11.2. The van der Waals surface area contributed by atoms with Crippen molar-refractivity contribution in [3.63, 3.8) is 0 Å². The minimum atomic E-state index is 0.104. The predicted molar refractivity (Wildman–Crippen MR) is 81.6 cm³/mol. The van der Waals surface area contributed by atoms with Crippen molar-refractivity contribution < 1.29 is 4.79 Å². The smallest absolute Gasteiger partial charge is 0.253 e. The van der Waals surface area contributed by atoms with Crippen LogP contribution in [0.15, 0.2) is 22.7 Å². The van der Waals surface area contributed by atoms with E-state index in [1.54, 1.807) is 18.2 Å². The zero-order valence-electron chi connectivity index (χ0n) is 10.2. The minimum Gasteiger partial charge on any atom is -0.339 e. The van der Waals surface area contributed by atoms with E-state index < -0.39 is 0 Å². The van der Waals surface area contributed by atoms with Gasteiger partial charge in [-0.25, -0.2) is 0 Å². The van der Waals surface area contributed by atoms with Gasteiger partial charge in [-0.05, 0) is 53.2 Å². The van der Waals surface area contributed by atoms with Gasteiger partial charge >= 0.3 is 0 Å². The second kappa shape index (κ2) is 6.31. The summed E-state index contributed by atoms with van der Waals surface area (Å²) in [5.74, 6) is 0.104. The molecule has 0 unspecified atom stereocenters. The fourth-order valence-electron chi connectivity index (χ4n) is 2.11. The second-order valence-corrected chi connectivity index (χ2v) is 6.76. The molecular formula is C13H15BrClNOS. The summed E-state index contributed by atoms with van der Waals surface area (Å²) in [6, 6.07) is 5.34. The quantitative estimate of drug-likeness (QED) is 0.803. The lowest BCUT2D eigenvalue weighted by Crippen LogP contribution is -2.39. The van der Waals surface area contributed by atoms with Crippen LogP contribution in [0.5, 0.6) is 0 Å². The van der Waals surface area contributed by atoms with E-state index in [9.17, 15) is 4.79 Å². The molecule has 0 aliphatic carbocycles. The van der Waals surface area contributed by atoms with E-state index in [1.807, 2.05) is 16.7 Å². The molecule has 1 aliphatic rings. The summed E-state index contributed by atoms with van der Waals surface area (Å²) < 4.78 is 0.772. The zero-order chi connectivity index (χ0) is 13.1. The fraction of sp³-hybridized carbons (Fsp3) is 0.462. The standard InChI is InChI=1S/C13H15BrClNOS/c1-18-10-4-6-16(7-5-10)13(17)9-2-3-12(15)11(14)8-9/h2-3,8,10H,4-7H2,1H3. The number of carbonyl (C=O) groups excluding carboxylic acids is 1. The molecule has 98 valence electrons. The summed E-state index contributed by atoms with van der Waals surface area (Å²) in [5, 5.41) is 1.33. The first kappa shape index (κ1) is 14.2. The number of carbonyl (C=O) groups is 1. The Morgan fingerprint density at radius 2 is 2.11 bits per heavy atom. The Bertz CT molecular complexity index is 447. The van der Waals surface area contributed by atoms with Crippen LogP contribution in [0.4, 0.5) is 0 Å². The normalized spacial score (nSPS) is 16.9. The van der Waals surface area contributed by atoms with Gasteiger partial charge in [-0.1, -0.05) is 11.6 Å². The van der Waals surface area contributed by atoms with Gasteiger partial charge in [-0.3, -0.25) is 4.79 Å². The molecule has 18 heavy (non-hydrogen) atoms. The van der Waals surface area contributed by atoms with Crippen molar-refractivity contribution in [3.05, 3.63) is 33.3 Å². The molecule has 1 aromatic rings. The first-order chi connectivity index (χ1) is 8.61. The first-order valence-corrected chi connectivity index (χ1v) is 8.35. The predicted octanol–water partition coefficient (Wildman–Crippen LogP) is 4.07. The molecular weight excluding hydrogens is 334 g/mol. The Hall–Kier alpha value is -0.190. The molecule has 1 amide bonds. The molecule has 2 nitrogen and oxygen atoms in total. The molecule has 0 bridgehead atoms. The van der Waals surface area contributed by atoms with Gasteiger partial charge in [0, 0.05) is 28.4 Å². The monoisotopic (exact) mass is 347 g/mol. The van der Waals surface area contributed by atoms with Crippen molar-refractivity contribution in [3.8, 4) is 0 Å². The zero-order valence-corrected chi connectivity index (χ0v) is 13.3. The summed E-state index contributed by atoms with van der Waals surface area (Å²) in [7, 11) is 0. The van der Waals surface area contributed by atoms with Crippen molar-refractivity contribution in [2.45, 2.75) is 18.1 Å². The Balaban J connectivity index is 2.05. The van der Waals surface area contributed by atoms with E-state index in [2.05, 4.69) is 22.2 Å². The molecule has 0 aromatic heterocycles. The number of hydrogen-bond acceptors (Lipinski definition) is 2. The number of benzene rings is 1. The average Bonchev–Trinajstić information content (AvgIpc) is 2.41. The molecule has 1 fully saturated rings. The number of piperidine rings is 1. The van der Waals surface area contributed by atoms with Crippen LogP contribution < -0.4 is 0 Å². The molecule has 1 aromatic carbocycles. The third kappa shape index (κ3) is 3.22. The summed E-state index contributed by atoms with van der Waals surface area (Å²) in [5.41, 5.74) is 0.703.